The van der Waals surface area contributed by atoms with Gasteiger partial charge in [0.25, 0.3) is 0 Å². The molecule has 0 spiro atoms. The van der Waals surface area contributed by atoms with Crippen LogP contribution in [0.5, 0.6) is 0 Å². The van der Waals surface area contributed by atoms with Gasteiger partial charge in [-0.3, -0.25) is 9.69 Å². The summed E-state index contributed by atoms with van der Waals surface area (Å²) in [4.78, 5) is 31.8. The number of hydrogen-bond acceptors (Lipinski definition) is 5. The number of urea groups is 1. The van der Waals surface area contributed by atoms with Crippen molar-refractivity contribution in [3.05, 3.63) is 71.8 Å². The van der Waals surface area contributed by atoms with Crippen LogP contribution in [0.4, 0.5) is 35.2 Å². The van der Waals surface area contributed by atoms with Gasteiger partial charge in [-0.05, 0) is 80.6 Å². The zero-order chi connectivity index (χ0) is 29.4. The molecule has 2 aromatic carbocycles. The molecule has 1 fully saturated rings. The second kappa shape index (κ2) is 13.5. The van der Waals surface area contributed by atoms with E-state index in [0.717, 1.165) is 56.2 Å². The number of unbranched alkanes of at least 4 members (excludes halogenated alkanes) is 2. The lowest BCUT2D eigenvalue weighted by Gasteiger charge is -2.37. The summed E-state index contributed by atoms with van der Waals surface area (Å²) in [5.74, 6) is 0.148. The summed E-state index contributed by atoms with van der Waals surface area (Å²) in [7, 11) is 0. The molecule has 8 nitrogen and oxygen atoms in total. The number of alkyl halides is 3. The van der Waals surface area contributed by atoms with Gasteiger partial charge in [-0.25, -0.2) is 9.78 Å². The molecule has 3 amide bonds. The summed E-state index contributed by atoms with van der Waals surface area (Å²) in [5, 5.41) is 5.79. The Balaban J connectivity index is 1.50. The number of nitrogens with two attached hydrogens (primary N) is 2. The fraction of sp³-hybridized carbons (Fsp3) is 0.367. The van der Waals surface area contributed by atoms with Crippen molar-refractivity contribution in [2.45, 2.75) is 63.7 Å². The SMILES string of the molecule is NCCCCCC(=O)NCc1cccc(NC(=O)N(c2nc(-c3cccc(C(F)(F)F)c3)ccc2N)C2CCC2)c1. The van der Waals surface area contributed by atoms with Gasteiger partial charge in [0.05, 0.1) is 16.9 Å². The van der Waals surface area contributed by atoms with Crippen molar-refractivity contribution in [1.82, 2.24) is 10.3 Å². The normalized spacial score (nSPS) is 13.4. The molecular weight excluding hydrogens is 533 g/mol. The Labute approximate surface area is 237 Å². The summed E-state index contributed by atoms with van der Waals surface area (Å²) in [5.41, 5.74) is 13.1. The predicted molar refractivity (Wildman–Crippen MR) is 154 cm³/mol. The van der Waals surface area contributed by atoms with Crippen LogP contribution in [0.25, 0.3) is 11.3 Å². The van der Waals surface area contributed by atoms with E-state index in [1.54, 1.807) is 30.3 Å². The lowest BCUT2D eigenvalue weighted by Crippen LogP contribution is -2.47. The number of benzene rings is 2. The number of amides is 3. The first-order chi connectivity index (χ1) is 19.7. The molecule has 0 atom stereocenters. The van der Waals surface area contributed by atoms with Crippen molar-refractivity contribution in [1.29, 1.82) is 0 Å². The number of pyridine rings is 1. The van der Waals surface area contributed by atoms with E-state index in [4.69, 9.17) is 11.5 Å². The van der Waals surface area contributed by atoms with Gasteiger partial charge in [0.1, 0.15) is 0 Å². The van der Waals surface area contributed by atoms with Crippen LogP contribution in [0.3, 0.4) is 0 Å². The summed E-state index contributed by atoms with van der Waals surface area (Å²) >= 11 is 0. The first kappa shape index (κ1) is 29.9. The molecule has 0 aliphatic heterocycles. The molecule has 1 saturated carbocycles. The van der Waals surface area contributed by atoms with Crippen molar-refractivity contribution >= 4 is 29.1 Å². The van der Waals surface area contributed by atoms with Crippen molar-refractivity contribution in [3.8, 4) is 11.3 Å². The number of carbonyl (C=O) groups excluding carboxylic acids is 2. The quantitative estimate of drug-likeness (QED) is 0.209. The molecule has 0 radical (unpaired) electrons. The van der Waals surface area contributed by atoms with Crippen molar-refractivity contribution in [2.24, 2.45) is 5.73 Å². The number of nitrogens with one attached hydrogen (secondary N) is 2. The predicted octanol–water partition coefficient (Wildman–Crippen LogP) is 6.08. The number of carbonyl (C=O) groups is 2. The molecule has 218 valence electrons. The Morgan fingerprint density at radius 2 is 1.78 bits per heavy atom. The van der Waals surface area contributed by atoms with Crippen LogP contribution in [0.1, 0.15) is 56.1 Å². The van der Waals surface area contributed by atoms with Crippen LogP contribution in [0.15, 0.2) is 60.7 Å². The molecular formula is C30H35F3N6O2. The average Bonchev–Trinajstić information content (AvgIpc) is 2.92. The first-order valence-corrected chi connectivity index (χ1v) is 13.8. The van der Waals surface area contributed by atoms with E-state index >= 15 is 0 Å². The maximum atomic E-state index is 13.6. The minimum absolute atomic E-state index is 0.0465. The highest BCUT2D eigenvalue weighted by molar-refractivity contribution is 6.03. The minimum Gasteiger partial charge on any atom is -0.396 e. The first-order valence-electron chi connectivity index (χ1n) is 13.8. The van der Waals surface area contributed by atoms with E-state index in [-0.39, 0.29) is 34.7 Å². The monoisotopic (exact) mass is 568 g/mol. The maximum absolute atomic E-state index is 13.6. The summed E-state index contributed by atoms with van der Waals surface area (Å²) in [6.07, 6.45) is 0.951. The van der Waals surface area contributed by atoms with E-state index in [2.05, 4.69) is 15.6 Å². The summed E-state index contributed by atoms with van der Waals surface area (Å²) < 4.78 is 39.9. The third kappa shape index (κ3) is 7.97. The van der Waals surface area contributed by atoms with E-state index in [9.17, 15) is 22.8 Å². The lowest BCUT2D eigenvalue weighted by atomic mass is 9.91. The van der Waals surface area contributed by atoms with Gasteiger partial charge in [0.2, 0.25) is 5.91 Å². The van der Waals surface area contributed by atoms with Gasteiger partial charge in [0, 0.05) is 30.3 Å². The minimum atomic E-state index is -4.49. The second-order valence-corrected chi connectivity index (χ2v) is 10.1. The highest BCUT2D eigenvalue weighted by Gasteiger charge is 2.33. The fourth-order valence-corrected chi connectivity index (χ4v) is 4.59. The number of anilines is 3. The molecule has 0 unspecified atom stereocenters. The average molecular weight is 569 g/mol. The van der Waals surface area contributed by atoms with E-state index in [1.807, 2.05) is 6.07 Å². The van der Waals surface area contributed by atoms with E-state index < -0.39 is 17.8 Å². The molecule has 1 aliphatic carbocycles. The van der Waals surface area contributed by atoms with Gasteiger partial charge in [-0.2, -0.15) is 13.2 Å². The Morgan fingerprint density at radius 3 is 2.49 bits per heavy atom. The van der Waals surface area contributed by atoms with Gasteiger partial charge in [-0.1, -0.05) is 30.7 Å². The molecule has 0 bridgehead atoms. The molecule has 3 aromatic rings. The lowest BCUT2D eigenvalue weighted by molar-refractivity contribution is -0.137. The Hall–Kier alpha value is -4.12. The molecule has 6 N–H and O–H groups in total. The van der Waals surface area contributed by atoms with Gasteiger partial charge in [0.15, 0.2) is 5.82 Å². The Bertz CT molecular complexity index is 1360. The van der Waals surface area contributed by atoms with Crippen LogP contribution >= 0.6 is 0 Å². The van der Waals surface area contributed by atoms with Crippen molar-refractivity contribution in [2.75, 3.05) is 22.5 Å². The summed E-state index contributed by atoms with van der Waals surface area (Å²) in [6.45, 7) is 0.932. The standard InChI is InChI=1S/C30H35F3N6O2/c31-30(32,33)22-9-5-8-21(18-22)26-15-14-25(35)28(38-26)39(24-11-6-12-24)29(41)37-23-10-4-7-20(17-23)19-36-27(40)13-2-1-3-16-34/h4-5,7-10,14-15,17-18,24H,1-3,6,11-13,16,19,34-35H2,(H,36,40)(H,37,41). The second-order valence-electron chi connectivity index (χ2n) is 10.1. The molecule has 11 heteroatoms. The molecule has 1 aliphatic rings. The van der Waals surface area contributed by atoms with Crippen molar-refractivity contribution < 1.29 is 22.8 Å². The highest BCUT2D eigenvalue weighted by atomic mass is 19.4. The number of aromatic nitrogens is 1. The Kier molecular flexibility index (Phi) is 9.82. The molecule has 0 saturated heterocycles. The molecule has 41 heavy (non-hydrogen) atoms. The van der Waals surface area contributed by atoms with Crippen LogP contribution in [-0.2, 0) is 17.5 Å². The van der Waals surface area contributed by atoms with E-state index in [1.165, 1.54) is 17.0 Å². The molecule has 1 aromatic heterocycles. The zero-order valence-corrected chi connectivity index (χ0v) is 22.7. The number of rotatable bonds is 11. The highest BCUT2D eigenvalue weighted by Crippen LogP contribution is 2.36. The Morgan fingerprint density at radius 1 is 1.00 bits per heavy atom. The van der Waals surface area contributed by atoms with Crippen molar-refractivity contribution in [3.63, 3.8) is 0 Å². The summed E-state index contributed by atoms with van der Waals surface area (Å²) in [6, 6.07) is 14.5. The van der Waals surface area contributed by atoms with Gasteiger partial charge in [-0.15, -0.1) is 0 Å². The number of halogens is 3. The largest absolute Gasteiger partial charge is 0.416 e. The van der Waals surface area contributed by atoms with Crippen LogP contribution < -0.4 is 27.0 Å². The zero-order valence-electron chi connectivity index (χ0n) is 22.7. The van der Waals surface area contributed by atoms with Crippen LogP contribution in [0.2, 0.25) is 0 Å². The van der Waals surface area contributed by atoms with E-state index in [0.29, 0.717) is 25.2 Å². The van der Waals surface area contributed by atoms with Crippen LogP contribution in [-0.4, -0.2) is 29.5 Å². The molecule has 1 heterocycles. The maximum Gasteiger partial charge on any atom is 0.416 e. The fourth-order valence-electron chi connectivity index (χ4n) is 4.59. The van der Waals surface area contributed by atoms with Gasteiger partial charge < -0.3 is 22.1 Å². The smallest absolute Gasteiger partial charge is 0.396 e. The third-order valence-electron chi connectivity index (χ3n) is 7.05. The third-order valence-corrected chi connectivity index (χ3v) is 7.05. The topological polar surface area (TPSA) is 126 Å². The van der Waals surface area contributed by atoms with Gasteiger partial charge >= 0.3 is 12.2 Å². The number of hydrogen-bond donors (Lipinski definition) is 4. The number of nitrogen functional groups attached to an aromatic ring is 1. The van der Waals surface area contributed by atoms with Crippen LogP contribution in [0, 0.1) is 0 Å². The number of nitrogens with zero attached hydrogens (tertiary/aromatic N) is 2. The molecule has 4 rings (SSSR count).